The second-order valence-electron chi connectivity index (χ2n) is 12.6. The van der Waals surface area contributed by atoms with Crippen molar-refractivity contribution in [2.24, 2.45) is 21.5 Å². The average molecular weight is 649 g/mol. The molecule has 0 unspecified atom stereocenters. The molecule has 2 fully saturated rings. The number of hydrogen-bond acceptors (Lipinski definition) is 6. The minimum absolute atomic E-state index is 0.244. The first-order valence-electron chi connectivity index (χ1n) is 17.1. The zero-order valence-corrected chi connectivity index (χ0v) is 27.3. The number of nitrogens with one attached hydrogen (secondary N) is 2. The lowest BCUT2D eigenvalue weighted by molar-refractivity contribution is 0.0913. The summed E-state index contributed by atoms with van der Waals surface area (Å²) >= 11 is 0. The Morgan fingerprint density at radius 1 is 0.583 bits per heavy atom. The van der Waals surface area contributed by atoms with E-state index in [0.29, 0.717) is 61.2 Å². The zero-order valence-electron chi connectivity index (χ0n) is 27.3. The van der Waals surface area contributed by atoms with Crippen LogP contribution in [-0.2, 0) is 0 Å². The molecule has 0 aliphatic heterocycles. The molecular formula is C38H44N6O4. The van der Waals surface area contributed by atoms with E-state index in [1.807, 2.05) is 48.5 Å². The van der Waals surface area contributed by atoms with Crippen LogP contribution < -0.4 is 22.1 Å². The molecule has 48 heavy (non-hydrogen) atoms. The van der Waals surface area contributed by atoms with Gasteiger partial charge < -0.3 is 30.9 Å². The van der Waals surface area contributed by atoms with Crippen molar-refractivity contribution in [2.75, 3.05) is 13.1 Å². The van der Waals surface area contributed by atoms with Crippen LogP contribution in [0.5, 0.6) is 0 Å². The van der Waals surface area contributed by atoms with Crippen LogP contribution >= 0.6 is 0 Å². The number of furan rings is 2. The highest BCUT2D eigenvalue weighted by Gasteiger charge is 2.17. The second-order valence-corrected chi connectivity index (χ2v) is 12.6. The summed E-state index contributed by atoms with van der Waals surface area (Å²) in [4.78, 5) is 34.6. The van der Waals surface area contributed by atoms with Gasteiger partial charge >= 0.3 is 0 Å². The lowest BCUT2D eigenvalue weighted by atomic mass is 10.1. The zero-order chi connectivity index (χ0) is 33.3. The van der Waals surface area contributed by atoms with Crippen molar-refractivity contribution in [3.05, 3.63) is 95.4 Å². The smallest absolute Gasteiger partial charge is 0.287 e. The van der Waals surface area contributed by atoms with E-state index in [1.54, 1.807) is 24.3 Å². The summed E-state index contributed by atoms with van der Waals surface area (Å²) in [6.45, 7) is 0.908. The van der Waals surface area contributed by atoms with E-state index in [1.165, 1.54) is 25.7 Å². The van der Waals surface area contributed by atoms with Crippen molar-refractivity contribution in [2.45, 2.75) is 76.3 Å². The van der Waals surface area contributed by atoms with Gasteiger partial charge in [-0.15, -0.1) is 0 Å². The van der Waals surface area contributed by atoms with Gasteiger partial charge in [0.15, 0.2) is 11.5 Å². The van der Waals surface area contributed by atoms with Crippen molar-refractivity contribution < 1.29 is 18.4 Å². The molecule has 0 radical (unpaired) electrons. The number of unbranched alkanes of at least 4 members (excludes halogenated alkanes) is 1. The van der Waals surface area contributed by atoms with Crippen molar-refractivity contribution in [1.29, 1.82) is 0 Å². The molecule has 6 rings (SSSR count). The summed E-state index contributed by atoms with van der Waals surface area (Å²) < 4.78 is 11.6. The summed E-state index contributed by atoms with van der Waals surface area (Å²) in [6.07, 6.45) is 10.6. The van der Waals surface area contributed by atoms with Crippen molar-refractivity contribution in [3.63, 3.8) is 0 Å². The number of aliphatic imine (C=N–C) groups is 2. The highest BCUT2D eigenvalue weighted by molar-refractivity contribution is 5.98. The van der Waals surface area contributed by atoms with Crippen molar-refractivity contribution in [3.8, 4) is 22.6 Å². The number of nitrogens with two attached hydrogens (primary N) is 2. The van der Waals surface area contributed by atoms with Gasteiger partial charge in [0.05, 0.1) is 12.1 Å². The Morgan fingerprint density at radius 2 is 0.958 bits per heavy atom. The Hall–Kier alpha value is -5.12. The Morgan fingerprint density at radius 3 is 1.33 bits per heavy atom. The van der Waals surface area contributed by atoms with E-state index >= 15 is 0 Å². The highest BCUT2D eigenvalue weighted by atomic mass is 16.4. The average Bonchev–Trinajstić information content (AvgIpc) is 3.95. The third-order valence-corrected chi connectivity index (χ3v) is 9.06. The molecule has 2 amide bonds. The van der Waals surface area contributed by atoms with E-state index in [2.05, 4.69) is 20.6 Å². The molecule has 2 aromatic carbocycles. The molecule has 2 aliphatic carbocycles. The van der Waals surface area contributed by atoms with Gasteiger partial charge in [-0.3, -0.25) is 19.6 Å². The van der Waals surface area contributed by atoms with Gasteiger partial charge in [-0.1, -0.05) is 74.2 Å². The van der Waals surface area contributed by atoms with Crippen LogP contribution in [0.2, 0.25) is 0 Å². The minimum atomic E-state index is -0.283. The van der Waals surface area contributed by atoms with E-state index in [-0.39, 0.29) is 23.3 Å². The summed E-state index contributed by atoms with van der Waals surface area (Å²) in [6, 6.07) is 23.0. The molecule has 10 heteroatoms. The van der Waals surface area contributed by atoms with Crippen LogP contribution in [0, 0.1) is 0 Å². The SMILES string of the molecule is NC(=NC1CCCC1)c1ccc(-c2ccc(C(=O)NCCCCNC(=O)c3ccc(-c4ccc(C(N)=NC5CCCC5)cc4)o3)o2)cc1. The Balaban J connectivity index is 0.900. The van der Waals surface area contributed by atoms with Crippen LogP contribution in [0.25, 0.3) is 22.6 Å². The summed E-state index contributed by atoms with van der Waals surface area (Å²) in [5.41, 5.74) is 15.9. The van der Waals surface area contributed by atoms with Crippen molar-refractivity contribution >= 4 is 23.5 Å². The van der Waals surface area contributed by atoms with Crippen LogP contribution in [-0.4, -0.2) is 48.7 Å². The maximum atomic E-state index is 12.6. The number of amidine groups is 2. The topological polar surface area (TPSA) is 161 Å². The molecule has 4 aromatic rings. The lowest BCUT2D eigenvalue weighted by Gasteiger charge is -2.07. The third-order valence-electron chi connectivity index (χ3n) is 9.06. The highest BCUT2D eigenvalue weighted by Crippen LogP contribution is 2.26. The van der Waals surface area contributed by atoms with Gasteiger partial charge in [0.2, 0.25) is 0 Å². The molecule has 2 aromatic heterocycles. The Labute approximate surface area is 281 Å². The van der Waals surface area contributed by atoms with Crippen LogP contribution in [0.15, 0.2) is 91.6 Å². The molecule has 2 aliphatic rings. The number of rotatable bonds is 13. The predicted octanol–water partition coefficient (Wildman–Crippen LogP) is 6.44. The molecule has 0 atom stereocenters. The normalized spacial score (nSPS) is 16.0. The monoisotopic (exact) mass is 648 g/mol. The number of carbonyl (C=O) groups is 2. The quantitative estimate of drug-likeness (QED) is 0.0741. The Bertz CT molecular complexity index is 1610. The first kappa shape index (κ1) is 32.8. The van der Waals surface area contributed by atoms with Gasteiger partial charge in [0.1, 0.15) is 23.2 Å². The van der Waals surface area contributed by atoms with Gasteiger partial charge in [-0.2, -0.15) is 0 Å². The largest absolute Gasteiger partial charge is 0.451 e. The number of amides is 2. The van der Waals surface area contributed by atoms with Crippen molar-refractivity contribution in [1.82, 2.24) is 10.6 Å². The summed E-state index contributed by atoms with van der Waals surface area (Å²) in [7, 11) is 0. The third kappa shape index (κ3) is 8.42. The first-order valence-corrected chi connectivity index (χ1v) is 17.1. The number of hydrogen-bond donors (Lipinski definition) is 4. The molecule has 250 valence electrons. The van der Waals surface area contributed by atoms with Gasteiger partial charge in [-0.25, -0.2) is 0 Å². The Kier molecular flexibility index (Phi) is 10.7. The molecule has 0 saturated heterocycles. The molecule has 2 heterocycles. The molecule has 6 N–H and O–H groups in total. The lowest BCUT2D eigenvalue weighted by Crippen LogP contribution is -2.27. The summed E-state index contributed by atoms with van der Waals surface area (Å²) in [5.74, 6) is 2.25. The standard InChI is InChI=1S/C38H44N6O4/c39-35(43-29-7-1-2-8-29)27-15-11-25(12-16-27)31-19-21-33(47-31)37(45)41-23-5-6-24-42-38(46)34-22-20-32(48-34)26-13-17-28(18-14-26)36(40)44-30-9-3-4-10-30/h11-22,29-30H,1-10,23-24H2,(H2,39,43)(H2,40,44)(H,41,45)(H,42,46). The number of carbonyl (C=O) groups excluding carboxylic acids is 2. The second kappa shape index (κ2) is 15.6. The van der Waals surface area contributed by atoms with Crippen LogP contribution in [0.1, 0.15) is 96.4 Å². The summed E-state index contributed by atoms with van der Waals surface area (Å²) in [5, 5.41) is 5.76. The fourth-order valence-electron chi connectivity index (χ4n) is 6.28. The minimum Gasteiger partial charge on any atom is -0.451 e. The molecule has 0 bridgehead atoms. The van der Waals surface area contributed by atoms with Gasteiger partial charge in [0.25, 0.3) is 11.8 Å². The van der Waals surface area contributed by atoms with Gasteiger partial charge in [-0.05, 0) is 62.8 Å². The van der Waals surface area contributed by atoms with Gasteiger partial charge in [0, 0.05) is 35.3 Å². The fourth-order valence-corrected chi connectivity index (χ4v) is 6.28. The maximum Gasteiger partial charge on any atom is 0.287 e. The van der Waals surface area contributed by atoms with Crippen LogP contribution in [0.4, 0.5) is 0 Å². The maximum absolute atomic E-state index is 12.6. The fraction of sp³-hybridized carbons (Fsp3) is 0.368. The van der Waals surface area contributed by atoms with E-state index in [0.717, 1.165) is 47.9 Å². The van der Waals surface area contributed by atoms with Crippen LogP contribution in [0.3, 0.4) is 0 Å². The van der Waals surface area contributed by atoms with E-state index in [4.69, 9.17) is 20.3 Å². The molecular weight excluding hydrogens is 604 g/mol. The molecule has 10 nitrogen and oxygen atoms in total. The number of benzene rings is 2. The number of nitrogens with zero attached hydrogens (tertiary/aromatic N) is 2. The first-order chi connectivity index (χ1) is 23.4. The molecule has 2 saturated carbocycles. The van der Waals surface area contributed by atoms with E-state index < -0.39 is 0 Å². The molecule has 0 spiro atoms. The van der Waals surface area contributed by atoms with E-state index in [9.17, 15) is 9.59 Å². The predicted molar refractivity (Wildman–Crippen MR) is 188 cm³/mol.